The van der Waals surface area contributed by atoms with Crippen LogP contribution in [-0.4, -0.2) is 5.91 Å². The van der Waals surface area contributed by atoms with E-state index < -0.39 is 0 Å². The van der Waals surface area contributed by atoms with E-state index in [1.165, 1.54) is 11.6 Å². The Balaban J connectivity index is 2.01. The standard InChI is InChI=1S/C16H16N2O/c1-12-4-2-5-13(10-12)8-9-16(19)18-15-7-3-6-14(17)11-15/h2-11H,17H2,1H3,(H,18,19)/b9-8+. The van der Waals surface area contributed by atoms with E-state index >= 15 is 0 Å². The van der Waals surface area contributed by atoms with Crippen LogP contribution in [-0.2, 0) is 4.79 Å². The van der Waals surface area contributed by atoms with Gasteiger partial charge in [0.05, 0.1) is 0 Å². The van der Waals surface area contributed by atoms with Crippen molar-refractivity contribution in [3.8, 4) is 0 Å². The first kappa shape index (κ1) is 12.9. The molecule has 19 heavy (non-hydrogen) atoms. The molecular formula is C16H16N2O. The number of benzene rings is 2. The first-order chi connectivity index (χ1) is 9.13. The summed E-state index contributed by atoms with van der Waals surface area (Å²) in [5.74, 6) is -0.174. The molecule has 0 saturated carbocycles. The number of aryl methyl sites for hydroxylation is 1. The van der Waals surface area contributed by atoms with Gasteiger partial charge in [-0.1, -0.05) is 35.9 Å². The second-order valence-electron chi connectivity index (χ2n) is 4.36. The Morgan fingerprint density at radius 1 is 1.16 bits per heavy atom. The SMILES string of the molecule is Cc1cccc(/C=C/C(=O)Nc2cccc(N)c2)c1. The van der Waals surface area contributed by atoms with Crippen LogP contribution in [0.3, 0.4) is 0 Å². The molecular weight excluding hydrogens is 236 g/mol. The molecule has 0 spiro atoms. The molecule has 3 nitrogen and oxygen atoms in total. The summed E-state index contributed by atoms with van der Waals surface area (Å²) in [5, 5.41) is 2.76. The third-order valence-corrected chi connectivity index (χ3v) is 2.62. The molecule has 0 aliphatic heterocycles. The van der Waals surface area contributed by atoms with Crippen LogP contribution >= 0.6 is 0 Å². The van der Waals surface area contributed by atoms with Crippen LogP contribution in [0.4, 0.5) is 11.4 Å². The molecule has 1 amide bonds. The molecule has 0 atom stereocenters. The maximum atomic E-state index is 11.7. The normalized spacial score (nSPS) is 10.6. The van der Waals surface area contributed by atoms with Crippen molar-refractivity contribution in [3.05, 3.63) is 65.7 Å². The van der Waals surface area contributed by atoms with E-state index in [2.05, 4.69) is 5.32 Å². The average molecular weight is 252 g/mol. The van der Waals surface area contributed by atoms with Crippen molar-refractivity contribution in [3.63, 3.8) is 0 Å². The molecule has 0 radical (unpaired) electrons. The zero-order valence-corrected chi connectivity index (χ0v) is 10.8. The average Bonchev–Trinajstić information content (AvgIpc) is 2.36. The van der Waals surface area contributed by atoms with Crippen LogP contribution in [0.15, 0.2) is 54.6 Å². The van der Waals surface area contributed by atoms with Crippen LogP contribution < -0.4 is 11.1 Å². The number of hydrogen-bond donors (Lipinski definition) is 2. The van der Waals surface area contributed by atoms with E-state index in [9.17, 15) is 4.79 Å². The van der Waals surface area contributed by atoms with Crippen molar-refractivity contribution >= 4 is 23.4 Å². The number of anilines is 2. The van der Waals surface area contributed by atoms with Crippen molar-refractivity contribution in [1.82, 2.24) is 0 Å². The summed E-state index contributed by atoms with van der Waals surface area (Å²) in [5.41, 5.74) is 9.13. The van der Waals surface area contributed by atoms with Gasteiger partial charge in [0, 0.05) is 17.5 Å². The Bertz CT molecular complexity index is 618. The smallest absolute Gasteiger partial charge is 0.248 e. The van der Waals surface area contributed by atoms with Crippen molar-refractivity contribution in [2.75, 3.05) is 11.1 Å². The fourth-order valence-corrected chi connectivity index (χ4v) is 1.75. The van der Waals surface area contributed by atoms with Crippen molar-refractivity contribution < 1.29 is 4.79 Å². The number of nitrogen functional groups attached to an aromatic ring is 1. The number of carbonyl (C=O) groups excluding carboxylic acids is 1. The Hall–Kier alpha value is -2.55. The molecule has 0 aliphatic rings. The van der Waals surface area contributed by atoms with Crippen molar-refractivity contribution in [2.24, 2.45) is 0 Å². The molecule has 0 aliphatic carbocycles. The van der Waals surface area contributed by atoms with Gasteiger partial charge in [-0.3, -0.25) is 4.79 Å². The van der Waals surface area contributed by atoms with E-state index in [1.54, 1.807) is 30.3 Å². The first-order valence-corrected chi connectivity index (χ1v) is 6.05. The van der Waals surface area contributed by atoms with Gasteiger partial charge in [-0.25, -0.2) is 0 Å². The van der Waals surface area contributed by atoms with Crippen molar-refractivity contribution in [2.45, 2.75) is 6.92 Å². The van der Waals surface area contributed by atoms with E-state index in [-0.39, 0.29) is 5.91 Å². The fourth-order valence-electron chi connectivity index (χ4n) is 1.75. The molecule has 0 heterocycles. The molecule has 2 aromatic carbocycles. The summed E-state index contributed by atoms with van der Waals surface area (Å²) < 4.78 is 0. The number of nitrogens with two attached hydrogens (primary N) is 1. The third-order valence-electron chi connectivity index (χ3n) is 2.62. The largest absolute Gasteiger partial charge is 0.399 e. The number of rotatable bonds is 3. The Labute approximate surface area is 112 Å². The maximum absolute atomic E-state index is 11.7. The fraction of sp³-hybridized carbons (Fsp3) is 0.0625. The van der Waals surface area contributed by atoms with Gasteiger partial charge >= 0.3 is 0 Å². The van der Waals surface area contributed by atoms with Crippen LogP contribution in [0.1, 0.15) is 11.1 Å². The molecule has 3 N–H and O–H groups in total. The van der Waals surface area contributed by atoms with Gasteiger partial charge in [0.1, 0.15) is 0 Å². The van der Waals surface area contributed by atoms with Crippen LogP contribution in [0.2, 0.25) is 0 Å². The minimum absolute atomic E-state index is 0.174. The number of hydrogen-bond acceptors (Lipinski definition) is 2. The van der Waals surface area contributed by atoms with Gasteiger partial charge in [0.2, 0.25) is 5.91 Å². The van der Waals surface area contributed by atoms with E-state index in [4.69, 9.17) is 5.73 Å². The summed E-state index contributed by atoms with van der Waals surface area (Å²) in [6.07, 6.45) is 3.30. The second-order valence-corrected chi connectivity index (χ2v) is 4.36. The number of amides is 1. The highest BCUT2D eigenvalue weighted by molar-refractivity contribution is 6.02. The van der Waals surface area contributed by atoms with Crippen molar-refractivity contribution in [1.29, 1.82) is 0 Å². The molecule has 96 valence electrons. The lowest BCUT2D eigenvalue weighted by molar-refractivity contribution is -0.111. The molecule has 0 fully saturated rings. The van der Waals surface area contributed by atoms with Gasteiger partial charge in [-0.15, -0.1) is 0 Å². The summed E-state index contributed by atoms with van der Waals surface area (Å²) in [6.45, 7) is 2.02. The van der Waals surface area contributed by atoms with Gasteiger partial charge in [0.15, 0.2) is 0 Å². The maximum Gasteiger partial charge on any atom is 0.248 e. The minimum Gasteiger partial charge on any atom is -0.399 e. The van der Waals surface area contributed by atoms with Gasteiger partial charge in [-0.05, 0) is 36.8 Å². The van der Waals surface area contributed by atoms with E-state index in [0.29, 0.717) is 11.4 Å². The van der Waals surface area contributed by atoms with E-state index in [0.717, 1.165) is 5.56 Å². The van der Waals surface area contributed by atoms with Gasteiger partial charge in [0.25, 0.3) is 0 Å². The topological polar surface area (TPSA) is 55.1 Å². The highest BCUT2D eigenvalue weighted by Gasteiger charge is 1.98. The zero-order valence-electron chi connectivity index (χ0n) is 10.8. The molecule has 0 unspecified atom stereocenters. The van der Waals surface area contributed by atoms with Gasteiger partial charge in [-0.2, -0.15) is 0 Å². The summed E-state index contributed by atoms with van der Waals surface area (Å²) >= 11 is 0. The number of carbonyl (C=O) groups is 1. The van der Waals surface area contributed by atoms with Crippen LogP contribution in [0, 0.1) is 6.92 Å². The van der Waals surface area contributed by atoms with Gasteiger partial charge < -0.3 is 11.1 Å². The predicted octanol–water partition coefficient (Wildman–Crippen LogP) is 3.23. The lowest BCUT2D eigenvalue weighted by Crippen LogP contribution is -2.07. The third kappa shape index (κ3) is 4.00. The molecule has 0 aromatic heterocycles. The van der Waals surface area contributed by atoms with E-state index in [1.807, 2.05) is 31.2 Å². The summed E-state index contributed by atoms with van der Waals surface area (Å²) in [4.78, 5) is 11.7. The minimum atomic E-state index is -0.174. The lowest BCUT2D eigenvalue weighted by Gasteiger charge is -2.02. The highest BCUT2D eigenvalue weighted by atomic mass is 16.1. The van der Waals surface area contributed by atoms with Crippen LogP contribution in [0.5, 0.6) is 0 Å². The Morgan fingerprint density at radius 3 is 2.68 bits per heavy atom. The zero-order chi connectivity index (χ0) is 13.7. The highest BCUT2D eigenvalue weighted by Crippen LogP contribution is 2.12. The number of nitrogens with one attached hydrogen (secondary N) is 1. The molecule has 0 saturated heterocycles. The summed E-state index contributed by atoms with van der Waals surface area (Å²) in [6, 6.07) is 15.1. The monoisotopic (exact) mass is 252 g/mol. The predicted molar refractivity (Wildman–Crippen MR) is 79.7 cm³/mol. The summed E-state index contributed by atoms with van der Waals surface area (Å²) in [7, 11) is 0. The molecule has 0 bridgehead atoms. The first-order valence-electron chi connectivity index (χ1n) is 6.05. The Kier molecular flexibility index (Phi) is 3.98. The molecule has 2 aromatic rings. The molecule has 3 heteroatoms. The second kappa shape index (κ2) is 5.87. The van der Waals surface area contributed by atoms with Crippen LogP contribution in [0.25, 0.3) is 6.08 Å². The Morgan fingerprint density at radius 2 is 1.95 bits per heavy atom. The quantitative estimate of drug-likeness (QED) is 0.651. The lowest BCUT2D eigenvalue weighted by atomic mass is 10.1. The molecule has 2 rings (SSSR count).